The van der Waals surface area contributed by atoms with Gasteiger partial charge in [0.25, 0.3) is 0 Å². The van der Waals surface area contributed by atoms with Crippen LogP contribution in [-0.2, 0) is 10.3 Å². The summed E-state index contributed by atoms with van der Waals surface area (Å²) in [7, 11) is -4.24. The molecule has 1 aromatic heterocycles. The first kappa shape index (κ1) is 11.3. The van der Waals surface area contributed by atoms with E-state index in [-0.39, 0.29) is 11.0 Å². The van der Waals surface area contributed by atoms with E-state index in [1.807, 2.05) is 18.6 Å². The smallest absolute Gasteiger partial charge is 0.269 e. The molecule has 0 aliphatic rings. The topological polar surface area (TPSA) is 92.2 Å². The van der Waals surface area contributed by atoms with E-state index in [0.29, 0.717) is 0 Å². The molecule has 80 valence electrons. The Hall–Kier alpha value is -0.730. The Bertz CT molecular complexity index is 400. The minimum absolute atomic E-state index is 0.0859. The van der Waals surface area contributed by atoms with Crippen LogP contribution in [0.15, 0.2) is 0 Å². The number of nitrogens with zero attached hydrogens (tertiary/aromatic N) is 2. The average molecular weight is 237 g/mol. The lowest BCUT2D eigenvalue weighted by molar-refractivity contribution is 0.489. The zero-order valence-corrected chi connectivity index (χ0v) is 9.39. The van der Waals surface area contributed by atoms with E-state index in [1.165, 1.54) is 0 Å². The summed E-state index contributed by atoms with van der Waals surface area (Å²) in [5.41, 5.74) is 0. The second-order valence-corrected chi connectivity index (χ2v) is 5.00. The van der Waals surface area contributed by atoms with Crippen molar-refractivity contribution < 1.29 is 13.0 Å². The quantitative estimate of drug-likeness (QED) is 0.769. The molecule has 0 amide bonds. The van der Waals surface area contributed by atoms with Gasteiger partial charge in [0.1, 0.15) is 5.01 Å². The van der Waals surface area contributed by atoms with Crippen LogP contribution in [0.5, 0.6) is 0 Å². The van der Waals surface area contributed by atoms with Gasteiger partial charge in [0.15, 0.2) is 0 Å². The summed E-state index contributed by atoms with van der Waals surface area (Å²) in [6, 6.07) is 0. The van der Waals surface area contributed by atoms with Gasteiger partial charge < -0.3 is 0 Å². The second kappa shape index (κ2) is 4.20. The molecule has 1 heterocycles. The molecule has 2 N–H and O–H groups in total. The van der Waals surface area contributed by atoms with Crippen molar-refractivity contribution in [2.45, 2.75) is 26.2 Å². The normalized spacial score (nSPS) is 13.9. The number of rotatable bonds is 4. The molecule has 6 nitrogen and oxygen atoms in total. The van der Waals surface area contributed by atoms with Gasteiger partial charge in [-0.25, -0.2) is 4.72 Å². The zero-order chi connectivity index (χ0) is 10.8. The van der Waals surface area contributed by atoms with Crippen LogP contribution in [-0.4, -0.2) is 23.2 Å². The molecule has 8 heteroatoms. The standard InChI is InChI=1S/C6H11N3O3S2/c1-3-4(2)5-7-8-6(13-5)9-14(10,11)12/h4H,3H2,1-2H3,(H,8,9)(H,10,11,12). The Morgan fingerprint density at radius 3 is 2.71 bits per heavy atom. The third-order valence-corrected chi connectivity index (χ3v) is 3.34. The van der Waals surface area contributed by atoms with Crippen molar-refractivity contribution >= 4 is 26.8 Å². The Kier molecular flexibility index (Phi) is 3.40. The number of aromatic nitrogens is 2. The van der Waals surface area contributed by atoms with Crippen molar-refractivity contribution in [3.05, 3.63) is 5.01 Å². The van der Waals surface area contributed by atoms with E-state index in [1.54, 1.807) is 0 Å². The SMILES string of the molecule is CCC(C)c1nnc(NS(=O)(=O)O)s1. The lowest BCUT2D eigenvalue weighted by atomic mass is 10.1. The maximum absolute atomic E-state index is 10.4. The average Bonchev–Trinajstić information content (AvgIpc) is 2.48. The van der Waals surface area contributed by atoms with Crippen LogP contribution in [0.1, 0.15) is 31.2 Å². The van der Waals surface area contributed by atoms with Gasteiger partial charge in [-0.3, -0.25) is 4.55 Å². The van der Waals surface area contributed by atoms with Crippen molar-refractivity contribution in [3.63, 3.8) is 0 Å². The van der Waals surface area contributed by atoms with Crippen LogP contribution in [0, 0.1) is 0 Å². The van der Waals surface area contributed by atoms with Gasteiger partial charge >= 0.3 is 10.3 Å². The van der Waals surface area contributed by atoms with Crippen LogP contribution in [0.2, 0.25) is 0 Å². The molecule has 1 aromatic rings. The molecule has 14 heavy (non-hydrogen) atoms. The van der Waals surface area contributed by atoms with Gasteiger partial charge in [0, 0.05) is 5.92 Å². The molecule has 1 rings (SSSR count). The predicted octanol–water partition coefficient (Wildman–Crippen LogP) is 1.27. The van der Waals surface area contributed by atoms with Crippen LogP contribution >= 0.6 is 11.3 Å². The molecule has 0 saturated carbocycles. The largest absolute Gasteiger partial charge is 0.359 e. The summed E-state index contributed by atoms with van der Waals surface area (Å²) in [5.74, 6) is 0.240. The lowest BCUT2D eigenvalue weighted by Crippen LogP contribution is -2.09. The number of hydrogen-bond donors (Lipinski definition) is 2. The van der Waals surface area contributed by atoms with Gasteiger partial charge in [0.2, 0.25) is 5.13 Å². The van der Waals surface area contributed by atoms with Gasteiger partial charge in [-0.1, -0.05) is 25.2 Å². The fraction of sp³-hybridized carbons (Fsp3) is 0.667. The van der Waals surface area contributed by atoms with Crippen LogP contribution < -0.4 is 4.72 Å². The molecule has 0 aliphatic carbocycles. The minimum Gasteiger partial charge on any atom is -0.269 e. The molecule has 0 aliphatic heterocycles. The van der Waals surface area contributed by atoms with Gasteiger partial charge in [-0.05, 0) is 6.42 Å². The summed E-state index contributed by atoms with van der Waals surface area (Å²) in [6.07, 6.45) is 0.903. The molecule has 1 atom stereocenters. The van der Waals surface area contributed by atoms with Crippen LogP contribution in [0.3, 0.4) is 0 Å². The fourth-order valence-corrected chi connectivity index (χ4v) is 2.23. The Morgan fingerprint density at radius 2 is 2.21 bits per heavy atom. The second-order valence-electron chi connectivity index (χ2n) is 2.83. The molecule has 0 bridgehead atoms. The predicted molar refractivity (Wildman–Crippen MR) is 53.8 cm³/mol. The third kappa shape index (κ3) is 3.20. The van der Waals surface area contributed by atoms with E-state index in [4.69, 9.17) is 4.55 Å². The van der Waals surface area contributed by atoms with Gasteiger partial charge in [-0.15, -0.1) is 10.2 Å². The Morgan fingerprint density at radius 1 is 1.57 bits per heavy atom. The monoisotopic (exact) mass is 237 g/mol. The van der Waals surface area contributed by atoms with E-state index < -0.39 is 10.3 Å². The third-order valence-electron chi connectivity index (χ3n) is 1.69. The molecule has 0 aromatic carbocycles. The molecule has 1 unspecified atom stereocenters. The summed E-state index contributed by atoms with van der Waals surface area (Å²) in [6.45, 7) is 3.97. The van der Waals surface area contributed by atoms with Gasteiger partial charge in [0.05, 0.1) is 0 Å². The first-order valence-electron chi connectivity index (χ1n) is 4.01. The molecule has 0 spiro atoms. The van der Waals surface area contributed by atoms with Gasteiger partial charge in [-0.2, -0.15) is 8.42 Å². The van der Waals surface area contributed by atoms with E-state index in [9.17, 15) is 8.42 Å². The highest BCUT2D eigenvalue weighted by atomic mass is 32.2. The highest BCUT2D eigenvalue weighted by Gasteiger charge is 2.13. The number of nitrogens with one attached hydrogen (secondary N) is 1. The van der Waals surface area contributed by atoms with Crippen molar-refractivity contribution in [1.82, 2.24) is 10.2 Å². The number of hydrogen-bond acceptors (Lipinski definition) is 5. The zero-order valence-electron chi connectivity index (χ0n) is 7.76. The van der Waals surface area contributed by atoms with E-state index >= 15 is 0 Å². The van der Waals surface area contributed by atoms with E-state index in [0.717, 1.165) is 22.8 Å². The maximum atomic E-state index is 10.4. The summed E-state index contributed by atoms with van der Waals surface area (Å²) >= 11 is 1.12. The fourth-order valence-electron chi connectivity index (χ4n) is 0.760. The summed E-state index contributed by atoms with van der Waals surface area (Å²) in [5, 5.41) is 8.23. The Labute approximate surface area is 86.3 Å². The highest BCUT2D eigenvalue weighted by molar-refractivity contribution is 7.87. The van der Waals surface area contributed by atoms with Crippen molar-refractivity contribution in [2.75, 3.05) is 4.72 Å². The highest BCUT2D eigenvalue weighted by Crippen LogP contribution is 2.25. The first-order chi connectivity index (χ1) is 6.42. The molecular formula is C6H11N3O3S2. The van der Waals surface area contributed by atoms with E-state index in [2.05, 4.69) is 10.2 Å². The van der Waals surface area contributed by atoms with Crippen molar-refractivity contribution in [2.24, 2.45) is 0 Å². The maximum Gasteiger partial charge on any atom is 0.359 e. The van der Waals surface area contributed by atoms with Crippen molar-refractivity contribution in [1.29, 1.82) is 0 Å². The first-order valence-corrected chi connectivity index (χ1v) is 6.26. The minimum atomic E-state index is -4.24. The number of anilines is 1. The van der Waals surface area contributed by atoms with Crippen molar-refractivity contribution in [3.8, 4) is 0 Å². The molecular weight excluding hydrogens is 226 g/mol. The molecule has 0 fully saturated rings. The van der Waals surface area contributed by atoms with Crippen LogP contribution in [0.4, 0.5) is 5.13 Å². The Balaban J connectivity index is 2.79. The summed E-state index contributed by atoms with van der Waals surface area (Å²) in [4.78, 5) is 0. The lowest BCUT2D eigenvalue weighted by Gasteiger charge is -2.00. The molecule has 0 radical (unpaired) electrons. The summed E-state index contributed by atoms with van der Waals surface area (Å²) < 4.78 is 31.2. The molecule has 0 saturated heterocycles. The van der Waals surface area contributed by atoms with Crippen LogP contribution in [0.25, 0.3) is 0 Å².